The molecule has 1 aromatic heterocycles. The molecule has 1 N–H and O–H groups in total. The fourth-order valence-electron chi connectivity index (χ4n) is 1.94. The average Bonchev–Trinajstić information content (AvgIpc) is 2.84. The van der Waals surface area contributed by atoms with Crippen LogP contribution in [0.4, 0.5) is 0 Å². The van der Waals surface area contributed by atoms with Gasteiger partial charge in [-0.15, -0.1) is 11.3 Å². The Bertz CT molecular complexity index is 614. The lowest BCUT2D eigenvalue weighted by Crippen LogP contribution is -2.16. The third-order valence-corrected chi connectivity index (χ3v) is 4.83. The summed E-state index contributed by atoms with van der Waals surface area (Å²) in [6.45, 7) is 1.04. The van der Waals surface area contributed by atoms with Gasteiger partial charge in [0.05, 0.1) is 14.4 Å². The second-order valence-corrected chi connectivity index (χ2v) is 6.27. The highest BCUT2D eigenvalue weighted by Gasteiger charge is 2.21. The van der Waals surface area contributed by atoms with Gasteiger partial charge in [-0.3, -0.25) is 0 Å². The lowest BCUT2D eigenvalue weighted by Gasteiger charge is -2.21. The minimum atomic E-state index is -0.764. The molecule has 2 heterocycles. The highest BCUT2D eigenvalue weighted by molar-refractivity contribution is 9.10. The van der Waals surface area contributed by atoms with E-state index in [0.717, 1.165) is 14.9 Å². The van der Waals surface area contributed by atoms with Crippen molar-refractivity contribution in [3.63, 3.8) is 0 Å². The largest absolute Gasteiger partial charge is 0.486 e. The number of halogens is 2. The second-order valence-electron chi connectivity index (χ2n) is 4.06. The maximum Gasteiger partial charge on any atom is 0.175 e. The first-order valence-corrected chi connectivity index (χ1v) is 7.72. The number of benzene rings is 1. The molecule has 19 heavy (non-hydrogen) atoms. The van der Waals surface area contributed by atoms with Crippen molar-refractivity contribution >= 4 is 38.9 Å². The van der Waals surface area contributed by atoms with Crippen molar-refractivity contribution in [1.82, 2.24) is 0 Å². The van der Waals surface area contributed by atoms with Gasteiger partial charge in [0, 0.05) is 0 Å². The third kappa shape index (κ3) is 2.48. The van der Waals surface area contributed by atoms with Gasteiger partial charge in [-0.25, -0.2) is 0 Å². The third-order valence-electron chi connectivity index (χ3n) is 2.83. The first kappa shape index (κ1) is 13.2. The molecule has 0 saturated heterocycles. The monoisotopic (exact) mass is 360 g/mol. The topological polar surface area (TPSA) is 38.7 Å². The van der Waals surface area contributed by atoms with Crippen LogP contribution in [0.15, 0.2) is 28.1 Å². The Labute approximate surface area is 127 Å². The number of hydrogen-bond donors (Lipinski definition) is 1. The molecule has 0 amide bonds. The predicted octanol–water partition coefficient (Wildman–Crippen LogP) is 4.02. The number of aliphatic hydroxyl groups is 1. The highest BCUT2D eigenvalue weighted by atomic mass is 79.9. The number of aliphatic hydroxyl groups excluding tert-OH is 1. The van der Waals surface area contributed by atoms with Gasteiger partial charge in [-0.1, -0.05) is 11.6 Å². The molecule has 0 fully saturated rings. The van der Waals surface area contributed by atoms with E-state index in [1.165, 1.54) is 11.3 Å². The molecule has 3 nitrogen and oxygen atoms in total. The SMILES string of the molecule is OC(c1cc(Br)c2c(c1)OCCO2)c1sccc1Cl. The number of rotatable bonds is 2. The summed E-state index contributed by atoms with van der Waals surface area (Å²) >= 11 is 10.9. The van der Waals surface area contributed by atoms with E-state index in [9.17, 15) is 5.11 Å². The van der Waals surface area contributed by atoms with Crippen LogP contribution < -0.4 is 9.47 Å². The van der Waals surface area contributed by atoms with E-state index in [1.807, 2.05) is 11.4 Å². The molecule has 0 radical (unpaired) electrons. The van der Waals surface area contributed by atoms with Crippen molar-refractivity contribution in [3.8, 4) is 11.5 Å². The fourth-order valence-corrected chi connectivity index (χ4v) is 3.69. The zero-order valence-corrected chi connectivity index (χ0v) is 12.9. The van der Waals surface area contributed by atoms with Crippen LogP contribution >= 0.6 is 38.9 Å². The minimum Gasteiger partial charge on any atom is -0.486 e. The molecule has 1 aromatic carbocycles. The lowest BCUT2D eigenvalue weighted by molar-refractivity contribution is 0.168. The Morgan fingerprint density at radius 3 is 2.84 bits per heavy atom. The summed E-state index contributed by atoms with van der Waals surface area (Å²) in [5.41, 5.74) is 0.723. The van der Waals surface area contributed by atoms with Gasteiger partial charge in [-0.2, -0.15) is 0 Å². The molecule has 1 atom stereocenters. The van der Waals surface area contributed by atoms with Crippen molar-refractivity contribution in [2.75, 3.05) is 13.2 Å². The summed E-state index contributed by atoms with van der Waals surface area (Å²) in [6, 6.07) is 5.39. The summed E-state index contributed by atoms with van der Waals surface area (Å²) in [7, 11) is 0. The Kier molecular flexibility index (Phi) is 3.71. The minimum absolute atomic E-state index is 0.513. The van der Waals surface area contributed by atoms with E-state index in [2.05, 4.69) is 15.9 Å². The molecule has 6 heteroatoms. The summed E-state index contributed by atoms with van der Waals surface area (Å²) in [4.78, 5) is 0.727. The van der Waals surface area contributed by atoms with Crippen LogP contribution in [-0.2, 0) is 0 Å². The Balaban J connectivity index is 2.02. The van der Waals surface area contributed by atoms with Crippen molar-refractivity contribution in [2.24, 2.45) is 0 Å². The molecule has 0 saturated carbocycles. The maximum atomic E-state index is 10.4. The van der Waals surface area contributed by atoms with E-state index < -0.39 is 6.10 Å². The van der Waals surface area contributed by atoms with Crippen LogP contribution in [-0.4, -0.2) is 18.3 Å². The number of hydrogen-bond acceptors (Lipinski definition) is 4. The Morgan fingerprint density at radius 2 is 2.11 bits per heavy atom. The summed E-state index contributed by atoms with van der Waals surface area (Å²) in [5, 5.41) is 12.8. The Hall–Kier alpha value is -0.750. The van der Waals surface area contributed by atoms with Crippen molar-refractivity contribution in [2.45, 2.75) is 6.10 Å². The van der Waals surface area contributed by atoms with Gasteiger partial charge in [-0.05, 0) is 45.1 Å². The molecule has 1 unspecified atom stereocenters. The number of thiophene rings is 1. The first-order chi connectivity index (χ1) is 9.16. The highest BCUT2D eigenvalue weighted by Crippen LogP contribution is 2.42. The molecule has 2 aromatic rings. The van der Waals surface area contributed by atoms with Crippen LogP contribution in [0.25, 0.3) is 0 Å². The smallest absolute Gasteiger partial charge is 0.175 e. The molecule has 3 rings (SSSR count). The van der Waals surface area contributed by atoms with Crippen molar-refractivity contribution in [3.05, 3.63) is 43.5 Å². The first-order valence-electron chi connectivity index (χ1n) is 5.67. The average molecular weight is 362 g/mol. The second kappa shape index (κ2) is 5.32. The normalized spacial score (nSPS) is 15.3. The fraction of sp³-hybridized carbons (Fsp3) is 0.231. The summed E-state index contributed by atoms with van der Waals surface area (Å²) in [5.74, 6) is 1.32. The van der Waals surface area contributed by atoms with Gasteiger partial charge >= 0.3 is 0 Å². The standard InChI is InChI=1S/C13H10BrClO3S/c14-8-5-7(6-10-12(8)18-3-2-17-10)11(16)13-9(15)1-4-19-13/h1,4-6,11,16H,2-3H2. The van der Waals surface area contributed by atoms with Gasteiger partial charge in [0.2, 0.25) is 0 Å². The molecular weight excluding hydrogens is 352 g/mol. The number of fused-ring (bicyclic) bond motifs is 1. The molecular formula is C13H10BrClO3S. The van der Waals surface area contributed by atoms with Crippen LogP contribution in [0.3, 0.4) is 0 Å². The molecule has 0 bridgehead atoms. The molecule has 0 aliphatic carbocycles. The van der Waals surface area contributed by atoms with Crippen LogP contribution in [0.1, 0.15) is 16.5 Å². The van der Waals surface area contributed by atoms with E-state index in [-0.39, 0.29) is 0 Å². The summed E-state index contributed by atoms with van der Waals surface area (Å²) in [6.07, 6.45) is -0.764. The van der Waals surface area contributed by atoms with Crippen LogP contribution in [0, 0.1) is 0 Å². The van der Waals surface area contributed by atoms with Gasteiger partial charge < -0.3 is 14.6 Å². The molecule has 0 spiro atoms. The van der Waals surface area contributed by atoms with Crippen molar-refractivity contribution < 1.29 is 14.6 Å². The van der Waals surface area contributed by atoms with E-state index in [0.29, 0.717) is 29.7 Å². The quantitative estimate of drug-likeness (QED) is 0.878. The lowest BCUT2D eigenvalue weighted by atomic mass is 10.1. The molecule has 1 aliphatic heterocycles. The summed E-state index contributed by atoms with van der Waals surface area (Å²) < 4.78 is 11.8. The predicted molar refractivity (Wildman–Crippen MR) is 78.5 cm³/mol. The maximum absolute atomic E-state index is 10.4. The van der Waals surface area contributed by atoms with Gasteiger partial charge in [0.1, 0.15) is 19.3 Å². The van der Waals surface area contributed by atoms with E-state index in [1.54, 1.807) is 12.1 Å². The molecule has 100 valence electrons. The van der Waals surface area contributed by atoms with Crippen LogP contribution in [0.2, 0.25) is 5.02 Å². The van der Waals surface area contributed by atoms with E-state index >= 15 is 0 Å². The van der Waals surface area contributed by atoms with E-state index in [4.69, 9.17) is 21.1 Å². The van der Waals surface area contributed by atoms with Crippen molar-refractivity contribution in [1.29, 1.82) is 0 Å². The van der Waals surface area contributed by atoms with Crippen LogP contribution in [0.5, 0.6) is 11.5 Å². The van der Waals surface area contributed by atoms with Gasteiger partial charge in [0.15, 0.2) is 11.5 Å². The number of ether oxygens (including phenoxy) is 2. The Morgan fingerprint density at radius 1 is 1.32 bits per heavy atom. The molecule has 1 aliphatic rings. The zero-order valence-electron chi connectivity index (χ0n) is 9.73. The zero-order chi connectivity index (χ0) is 13.4. The van der Waals surface area contributed by atoms with Gasteiger partial charge in [0.25, 0.3) is 0 Å².